The monoisotopic (exact) mass is 337 g/mol. The van der Waals surface area contributed by atoms with E-state index in [4.69, 9.17) is 4.74 Å². The molecule has 0 spiro atoms. The molecule has 2 atom stereocenters. The van der Waals surface area contributed by atoms with Crippen LogP contribution in [0.15, 0.2) is 12.1 Å². The zero-order valence-corrected chi connectivity index (χ0v) is 14.6. The van der Waals surface area contributed by atoms with Crippen molar-refractivity contribution in [2.45, 2.75) is 19.8 Å². The molecular weight excluding hydrogens is 310 g/mol. The number of hydrogen-bond donors (Lipinski definition) is 2. The average Bonchev–Trinajstić information content (AvgIpc) is 2.56. The maximum Gasteiger partial charge on any atom is 0.292 e. The maximum absolute atomic E-state index is 11.4. The molecule has 24 heavy (non-hydrogen) atoms. The van der Waals surface area contributed by atoms with Gasteiger partial charge in [0.15, 0.2) is 0 Å². The molecule has 134 valence electrons. The number of nitrogens with one attached hydrogen (secondary N) is 1. The second kappa shape index (κ2) is 8.30. The third-order valence-electron chi connectivity index (χ3n) is 4.44. The van der Waals surface area contributed by atoms with Gasteiger partial charge in [-0.2, -0.15) is 0 Å². The molecule has 1 aromatic rings. The van der Waals surface area contributed by atoms with Crippen LogP contribution >= 0.6 is 0 Å². The molecule has 7 heteroatoms. The minimum absolute atomic E-state index is 0.0137. The molecule has 0 saturated carbocycles. The van der Waals surface area contributed by atoms with Crippen molar-refractivity contribution in [3.63, 3.8) is 0 Å². The van der Waals surface area contributed by atoms with Gasteiger partial charge in [0, 0.05) is 37.2 Å². The SMILES string of the molecule is CCC(CNc1c([N+](=O)[O-])ccc2c1CC(CO)CO2)CN(C)C. The molecule has 1 aliphatic heterocycles. The summed E-state index contributed by atoms with van der Waals surface area (Å²) in [5.41, 5.74) is 1.40. The Hall–Kier alpha value is -1.86. The summed E-state index contributed by atoms with van der Waals surface area (Å²) in [5.74, 6) is 1.05. The van der Waals surface area contributed by atoms with Gasteiger partial charge in [-0.3, -0.25) is 10.1 Å². The number of anilines is 1. The number of fused-ring (bicyclic) bond motifs is 1. The third-order valence-corrected chi connectivity index (χ3v) is 4.44. The molecule has 1 aliphatic rings. The molecule has 2 rings (SSSR count). The zero-order valence-electron chi connectivity index (χ0n) is 14.6. The fourth-order valence-electron chi connectivity index (χ4n) is 3.08. The smallest absolute Gasteiger partial charge is 0.292 e. The van der Waals surface area contributed by atoms with Gasteiger partial charge in [-0.25, -0.2) is 0 Å². The Labute approximate surface area is 142 Å². The molecule has 0 saturated heterocycles. The van der Waals surface area contributed by atoms with E-state index in [9.17, 15) is 15.2 Å². The van der Waals surface area contributed by atoms with Crippen LogP contribution in [0.2, 0.25) is 0 Å². The Morgan fingerprint density at radius 1 is 1.50 bits per heavy atom. The highest BCUT2D eigenvalue weighted by Gasteiger charge is 2.28. The van der Waals surface area contributed by atoms with E-state index >= 15 is 0 Å². The van der Waals surface area contributed by atoms with Gasteiger partial charge in [-0.1, -0.05) is 13.3 Å². The summed E-state index contributed by atoms with van der Waals surface area (Å²) in [6.07, 6.45) is 1.57. The van der Waals surface area contributed by atoms with Gasteiger partial charge in [0.2, 0.25) is 0 Å². The quantitative estimate of drug-likeness (QED) is 0.558. The van der Waals surface area contributed by atoms with E-state index in [0.29, 0.717) is 36.9 Å². The predicted molar refractivity (Wildman–Crippen MR) is 93.7 cm³/mol. The van der Waals surface area contributed by atoms with Gasteiger partial charge in [0.05, 0.1) is 11.5 Å². The first-order chi connectivity index (χ1) is 11.5. The van der Waals surface area contributed by atoms with Crippen molar-refractivity contribution >= 4 is 11.4 Å². The van der Waals surface area contributed by atoms with E-state index in [1.807, 2.05) is 14.1 Å². The van der Waals surface area contributed by atoms with Crippen LogP contribution in [0.3, 0.4) is 0 Å². The number of rotatable bonds is 8. The summed E-state index contributed by atoms with van der Waals surface area (Å²) in [6, 6.07) is 3.15. The molecule has 0 bridgehead atoms. The zero-order chi connectivity index (χ0) is 17.7. The number of hydrogen-bond acceptors (Lipinski definition) is 6. The van der Waals surface area contributed by atoms with Crippen molar-refractivity contribution in [3.05, 3.63) is 27.8 Å². The average molecular weight is 337 g/mol. The number of aliphatic hydroxyl groups excluding tert-OH is 1. The highest BCUT2D eigenvalue weighted by atomic mass is 16.6. The fraction of sp³-hybridized carbons (Fsp3) is 0.647. The topological polar surface area (TPSA) is 87.9 Å². The minimum atomic E-state index is -0.363. The van der Waals surface area contributed by atoms with Crippen molar-refractivity contribution in [2.24, 2.45) is 11.8 Å². The molecule has 0 aliphatic carbocycles. The Kier molecular flexibility index (Phi) is 6.39. The van der Waals surface area contributed by atoms with Crippen molar-refractivity contribution < 1.29 is 14.8 Å². The van der Waals surface area contributed by atoms with Crippen LogP contribution in [0.25, 0.3) is 0 Å². The van der Waals surface area contributed by atoms with Crippen molar-refractivity contribution in [1.82, 2.24) is 4.90 Å². The van der Waals surface area contributed by atoms with Crippen LogP contribution in [0.5, 0.6) is 5.75 Å². The molecular formula is C17H27N3O4. The molecule has 7 nitrogen and oxygen atoms in total. The van der Waals surface area contributed by atoms with E-state index in [0.717, 1.165) is 18.5 Å². The summed E-state index contributed by atoms with van der Waals surface area (Å²) in [6.45, 7) is 4.16. The van der Waals surface area contributed by atoms with Gasteiger partial charge in [-0.15, -0.1) is 0 Å². The summed E-state index contributed by atoms with van der Waals surface area (Å²) in [5, 5.41) is 24.1. The van der Waals surface area contributed by atoms with Gasteiger partial charge in [0.25, 0.3) is 5.69 Å². The van der Waals surface area contributed by atoms with Crippen LogP contribution in [-0.4, -0.2) is 55.3 Å². The molecule has 0 amide bonds. The highest BCUT2D eigenvalue weighted by Crippen LogP contribution is 2.39. The number of aliphatic hydroxyl groups is 1. The van der Waals surface area contributed by atoms with Crippen LogP contribution in [0.1, 0.15) is 18.9 Å². The van der Waals surface area contributed by atoms with Crippen molar-refractivity contribution in [2.75, 3.05) is 45.7 Å². The number of nitro groups is 1. The molecule has 0 radical (unpaired) electrons. The summed E-state index contributed by atoms with van der Waals surface area (Å²) in [4.78, 5) is 13.2. The summed E-state index contributed by atoms with van der Waals surface area (Å²) in [7, 11) is 4.05. The second-order valence-corrected chi connectivity index (χ2v) is 6.67. The first-order valence-electron chi connectivity index (χ1n) is 8.38. The van der Waals surface area contributed by atoms with Crippen LogP contribution in [-0.2, 0) is 6.42 Å². The number of nitro benzene ring substituents is 1. The maximum atomic E-state index is 11.4. The lowest BCUT2D eigenvalue weighted by molar-refractivity contribution is -0.384. The first kappa shape index (κ1) is 18.5. The molecule has 2 unspecified atom stereocenters. The van der Waals surface area contributed by atoms with Crippen molar-refractivity contribution in [1.29, 1.82) is 0 Å². The lowest BCUT2D eigenvalue weighted by atomic mass is 9.94. The Balaban J connectivity index is 2.27. The number of benzene rings is 1. The molecule has 0 fully saturated rings. The van der Waals surface area contributed by atoms with E-state index < -0.39 is 0 Å². The van der Waals surface area contributed by atoms with E-state index in [2.05, 4.69) is 17.1 Å². The van der Waals surface area contributed by atoms with Gasteiger partial charge in [-0.05, 0) is 32.5 Å². The lowest BCUT2D eigenvalue weighted by Crippen LogP contribution is -2.28. The van der Waals surface area contributed by atoms with Crippen molar-refractivity contribution in [3.8, 4) is 5.75 Å². The van der Waals surface area contributed by atoms with Crippen LogP contribution in [0, 0.1) is 22.0 Å². The van der Waals surface area contributed by atoms with Crippen LogP contribution in [0.4, 0.5) is 11.4 Å². The molecule has 0 aromatic heterocycles. The van der Waals surface area contributed by atoms with Gasteiger partial charge >= 0.3 is 0 Å². The lowest BCUT2D eigenvalue weighted by Gasteiger charge is -2.27. The minimum Gasteiger partial charge on any atom is -0.493 e. The van der Waals surface area contributed by atoms with E-state index in [1.54, 1.807) is 6.07 Å². The Morgan fingerprint density at radius 2 is 2.25 bits per heavy atom. The van der Waals surface area contributed by atoms with E-state index in [1.165, 1.54) is 6.07 Å². The van der Waals surface area contributed by atoms with Crippen LogP contribution < -0.4 is 10.1 Å². The largest absolute Gasteiger partial charge is 0.493 e. The summed E-state index contributed by atoms with van der Waals surface area (Å²) < 4.78 is 5.67. The number of ether oxygens (including phenoxy) is 1. The molecule has 2 N–H and O–H groups in total. The predicted octanol–water partition coefficient (Wildman–Crippen LogP) is 2.14. The standard InChI is InChI=1S/C17H27N3O4/c1-4-12(9-19(2)3)8-18-17-14-7-13(10-21)11-24-16(14)6-5-15(17)20(22)23/h5-6,12-13,18,21H,4,7-11H2,1-3H3. The first-order valence-corrected chi connectivity index (χ1v) is 8.38. The fourth-order valence-corrected chi connectivity index (χ4v) is 3.08. The third kappa shape index (κ3) is 4.36. The normalized spacial score (nSPS) is 18.0. The Bertz CT molecular complexity index is 577. The van der Waals surface area contributed by atoms with E-state index in [-0.39, 0.29) is 23.1 Å². The molecule has 1 aromatic carbocycles. The Morgan fingerprint density at radius 3 is 2.83 bits per heavy atom. The van der Waals surface area contributed by atoms with Gasteiger partial charge < -0.3 is 20.1 Å². The number of nitrogens with zero attached hydrogens (tertiary/aromatic N) is 2. The highest BCUT2D eigenvalue weighted by molar-refractivity contribution is 5.70. The molecule has 1 heterocycles. The van der Waals surface area contributed by atoms with Gasteiger partial charge in [0.1, 0.15) is 11.4 Å². The summed E-state index contributed by atoms with van der Waals surface area (Å²) >= 11 is 0. The second-order valence-electron chi connectivity index (χ2n) is 6.67.